The van der Waals surface area contributed by atoms with Gasteiger partial charge in [0.2, 0.25) is 6.41 Å². The Hall–Kier alpha value is -1.31. The van der Waals surface area contributed by atoms with Gasteiger partial charge in [0.05, 0.1) is 0 Å². The standard InChI is InChI=1S/C9H11NO.2C2H6/c1-10(8-11)7-9-5-3-2-4-6-9;2*1-2/h2-6,8H,7H2,1H3;2*1-2H3. The quantitative estimate of drug-likeness (QED) is 0.699. The molecule has 1 rings (SSSR count). The first-order valence-electron chi connectivity index (χ1n) is 5.52. The molecule has 0 atom stereocenters. The molecular weight excluding hydrogens is 186 g/mol. The van der Waals surface area contributed by atoms with Crippen LogP contribution in [0, 0.1) is 0 Å². The fourth-order valence-electron chi connectivity index (χ4n) is 0.909. The minimum atomic E-state index is 0.685. The highest BCUT2D eigenvalue weighted by Gasteiger charge is 1.93. The summed E-state index contributed by atoms with van der Waals surface area (Å²) in [6.45, 7) is 8.68. The molecule has 1 amide bonds. The van der Waals surface area contributed by atoms with Gasteiger partial charge >= 0.3 is 0 Å². The molecule has 86 valence electrons. The molecule has 2 heteroatoms. The van der Waals surface area contributed by atoms with Gasteiger partial charge in [-0.3, -0.25) is 4.79 Å². The molecule has 0 aliphatic carbocycles. The molecule has 0 radical (unpaired) electrons. The summed E-state index contributed by atoms with van der Waals surface area (Å²) in [4.78, 5) is 11.8. The van der Waals surface area contributed by atoms with Crippen LogP contribution in [0.5, 0.6) is 0 Å². The molecule has 0 saturated carbocycles. The summed E-state index contributed by atoms with van der Waals surface area (Å²) in [6, 6.07) is 9.90. The van der Waals surface area contributed by atoms with Gasteiger partial charge in [0.25, 0.3) is 0 Å². The molecule has 0 aliphatic heterocycles. The van der Waals surface area contributed by atoms with Gasteiger partial charge < -0.3 is 4.90 Å². The topological polar surface area (TPSA) is 20.3 Å². The monoisotopic (exact) mass is 209 g/mol. The average molecular weight is 209 g/mol. The van der Waals surface area contributed by atoms with Crippen LogP contribution in [0.15, 0.2) is 30.3 Å². The van der Waals surface area contributed by atoms with Crippen molar-refractivity contribution in [3.8, 4) is 0 Å². The molecule has 0 fully saturated rings. The highest BCUT2D eigenvalue weighted by atomic mass is 16.1. The largest absolute Gasteiger partial charge is 0.344 e. The van der Waals surface area contributed by atoms with Crippen molar-refractivity contribution in [1.82, 2.24) is 4.90 Å². The third-order valence-corrected chi connectivity index (χ3v) is 1.45. The normalized spacial score (nSPS) is 7.53. The van der Waals surface area contributed by atoms with Crippen molar-refractivity contribution in [3.05, 3.63) is 35.9 Å². The average Bonchev–Trinajstić information content (AvgIpc) is 2.35. The molecule has 0 aliphatic rings. The molecule has 1 aromatic rings. The van der Waals surface area contributed by atoms with E-state index < -0.39 is 0 Å². The second kappa shape index (κ2) is 12.7. The van der Waals surface area contributed by atoms with Crippen molar-refractivity contribution in [1.29, 1.82) is 0 Å². The maximum absolute atomic E-state index is 10.2. The molecular formula is C13H23NO. The van der Waals surface area contributed by atoms with Crippen LogP contribution in [0.3, 0.4) is 0 Å². The van der Waals surface area contributed by atoms with Crippen molar-refractivity contribution in [2.24, 2.45) is 0 Å². The Morgan fingerprint density at radius 1 is 1.07 bits per heavy atom. The Morgan fingerprint density at radius 3 is 1.93 bits per heavy atom. The highest BCUT2D eigenvalue weighted by Crippen LogP contribution is 2.00. The van der Waals surface area contributed by atoms with Crippen molar-refractivity contribution in [2.45, 2.75) is 34.2 Å². The SMILES string of the molecule is CC.CC.CN(C=O)Cc1ccccc1. The lowest BCUT2D eigenvalue weighted by molar-refractivity contribution is -0.117. The molecule has 15 heavy (non-hydrogen) atoms. The number of carbonyl (C=O) groups is 1. The zero-order valence-electron chi connectivity index (χ0n) is 10.5. The van der Waals surface area contributed by atoms with Gasteiger partial charge in [-0.2, -0.15) is 0 Å². The minimum absolute atomic E-state index is 0.685. The summed E-state index contributed by atoms with van der Waals surface area (Å²) in [6.07, 6.45) is 0.826. The number of nitrogens with zero attached hydrogens (tertiary/aromatic N) is 1. The molecule has 0 saturated heterocycles. The zero-order valence-corrected chi connectivity index (χ0v) is 10.5. The molecule has 0 aromatic heterocycles. The van der Waals surface area contributed by atoms with E-state index in [1.54, 1.807) is 11.9 Å². The number of carbonyl (C=O) groups excluding carboxylic acids is 1. The van der Waals surface area contributed by atoms with Crippen molar-refractivity contribution < 1.29 is 4.79 Å². The summed E-state index contributed by atoms with van der Waals surface area (Å²) < 4.78 is 0. The van der Waals surface area contributed by atoms with Gasteiger partial charge in [0, 0.05) is 13.6 Å². The lowest BCUT2D eigenvalue weighted by Crippen LogP contribution is -2.14. The number of hydrogen-bond acceptors (Lipinski definition) is 1. The maximum atomic E-state index is 10.2. The first-order chi connectivity index (χ1) is 7.33. The van der Waals surface area contributed by atoms with E-state index in [4.69, 9.17) is 0 Å². The Bertz CT molecular complexity index is 221. The third kappa shape index (κ3) is 9.01. The van der Waals surface area contributed by atoms with Crippen LogP contribution in [0.4, 0.5) is 0 Å². The van der Waals surface area contributed by atoms with Crippen molar-refractivity contribution >= 4 is 6.41 Å². The summed E-state index contributed by atoms with van der Waals surface area (Å²) in [5.41, 5.74) is 1.15. The van der Waals surface area contributed by atoms with Gasteiger partial charge in [-0.05, 0) is 5.56 Å². The van der Waals surface area contributed by atoms with Gasteiger partial charge in [0.15, 0.2) is 0 Å². The maximum Gasteiger partial charge on any atom is 0.209 e. The van der Waals surface area contributed by atoms with Crippen LogP contribution >= 0.6 is 0 Å². The molecule has 0 heterocycles. The first kappa shape index (κ1) is 16.1. The third-order valence-electron chi connectivity index (χ3n) is 1.45. The number of rotatable bonds is 3. The fraction of sp³-hybridized carbons (Fsp3) is 0.462. The van der Waals surface area contributed by atoms with Gasteiger partial charge in [-0.15, -0.1) is 0 Å². The summed E-state index contributed by atoms with van der Waals surface area (Å²) in [5.74, 6) is 0. The second-order valence-electron chi connectivity index (χ2n) is 2.51. The summed E-state index contributed by atoms with van der Waals surface area (Å²) in [5, 5.41) is 0. The minimum Gasteiger partial charge on any atom is -0.344 e. The molecule has 0 unspecified atom stereocenters. The number of benzene rings is 1. The van der Waals surface area contributed by atoms with Crippen molar-refractivity contribution in [3.63, 3.8) is 0 Å². The summed E-state index contributed by atoms with van der Waals surface area (Å²) in [7, 11) is 1.76. The smallest absolute Gasteiger partial charge is 0.209 e. The van der Waals surface area contributed by atoms with E-state index in [9.17, 15) is 4.79 Å². The lowest BCUT2D eigenvalue weighted by Gasteiger charge is -2.09. The van der Waals surface area contributed by atoms with E-state index >= 15 is 0 Å². The van der Waals surface area contributed by atoms with E-state index in [0.717, 1.165) is 12.0 Å². The van der Waals surface area contributed by atoms with Crippen LogP contribution in [-0.4, -0.2) is 18.4 Å². The predicted molar refractivity (Wildman–Crippen MR) is 66.7 cm³/mol. The Labute approximate surface area is 93.9 Å². The lowest BCUT2D eigenvalue weighted by atomic mass is 10.2. The molecule has 1 aromatic carbocycles. The van der Waals surface area contributed by atoms with Crippen LogP contribution in [0.2, 0.25) is 0 Å². The van der Waals surface area contributed by atoms with Crippen LogP contribution < -0.4 is 0 Å². The number of amides is 1. The molecule has 2 nitrogen and oxygen atoms in total. The fourth-order valence-corrected chi connectivity index (χ4v) is 0.909. The Kier molecular flexibility index (Phi) is 13.6. The van der Waals surface area contributed by atoms with E-state index in [1.165, 1.54) is 0 Å². The zero-order chi connectivity index (χ0) is 12.1. The van der Waals surface area contributed by atoms with E-state index in [0.29, 0.717) is 6.54 Å². The first-order valence-corrected chi connectivity index (χ1v) is 5.52. The predicted octanol–water partition coefficient (Wildman–Crippen LogP) is 3.33. The number of hydrogen-bond donors (Lipinski definition) is 0. The van der Waals surface area contributed by atoms with Crippen LogP contribution in [0.1, 0.15) is 33.3 Å². The van der Waals surface area contributed by atoms with E-state index in [2.05, 4.69) is 0 Å². The van der Waals surface area contributed by atoms with Crippen LogP contribution in [0.25, 0.3) is 0 Å². The van der Waals surface area contributed by atoms with Crippen molar-refractivity contribution in [2.75, 3.05) is 7.05 Å². The molecule has 0 spiro atoms. The Morgan fingerprint density at radius 2 is 1.53 bits per heavy atom. The Balaban J connectivity index is 0. The second-order valence-corrected chi connectivity index (χ2v) is 2.51. The summed E-state index contributed by atoms with van der Waals surface area (Å²) >= 11 is 0. The molecule has 0 bridgehead atoms. The van der Waals surface area contributed by atoms with Gasteiger partial charge in [-0.25, -0.2) is 0 Å². The molecule has 0 N–H and O–H groups in total. The van der Waals surface area contributed by atoms with E-state index in [1.807, 2.05) is 58.0 Å². The van der Waals surface area contributed by atoms with Gasteiger partial charge in [-0.1, -0.05) is 58.0 Å². The van der Waals surface area contributed by atoms with E-state index in [-0.39, 0.29) is 0 Å². The van der Waals surface area contributed by atoms with Crippen LogP contribution in [-0.2, 0) is 11.3 Å². The van der Waals surface area contributed by atoms with Gasteiger partial charge in [0.1, 0.15) is 0 Å². The highest BCUT2D eigenvalue weighted by molar-refractivity contribution is 5.46.